The third-order valence-corrected chi connectivity index (χ3v) is 2.00. The number of hydrogen-bond acceptors (Lipinski definition) is 4. The molecule has 19 heavy (non-hydrogen) atoms. The molecule has 1 heterocycles. The molecule has 0 aliphatic rings. The van der Waals surface area contributed by atoms with Gasteiger partial charge >= 0.3 is 6.09 Å². The molecule has 2 amide bonds. The van der Waals surface area contributed by atoms with E-state index in [0.29, 0.717) is 12.4 Å². The van der Waals surface area contributed by atoms with Gasteiger partial charge in [0.05, 0.1) is 0 Å². The quantitative estimate of drug-likeness (QED) is 0.876. The van der Waals surface area contributed by atoms with Crippen molar-refractivity contribution in [2.75, 3.05) is 5.32 Å². The van der Waals surface area contributed by atoms with Crippen LogP contribution in [0, 0.1) is 0 Å². The maximum atomic E-state index is 11.5. The van der Waals surface area contributed by atoms with Crippen LogP contribution >= 0.6 is 0 Å². The van der Waals surface area contributed by atoms with Crippen LogP contribution in [-0.2, 0) is 16.1 Å². The van der Waals surface area contributed by atoms with E-state index in [-0.39, 0.29) is 5.91 Å². The van der Waals surface area contributed by atoms with E-state index >= 15 is 0 Å². The summed E-state index contributed by atoms with van der Waals surface area (Å²) in [6, 6.07) is 3.43. The van der Waals surface area contributed by atoms with Gasteiger partial charge in [-0.25, -0.2) is 9.78 Å². The summed E-state index contributed by atoms with van der Waals surface area (Å²) in [7, 11) is 0. The van der Waals surface area contributed by atoms with Crippen molar-refractivity contribution in [1.29, 1.82) is 0 Å². The van der Waals surface area contributed by atoms with Gasteiger partial charge in [0.2, 0.25) is 5.91 Å². The monoisotopic (exact) mass is 265 g/mol. The van der Waals surface area contributed by atoms with Gasteiger partial charge in [0.25, 0.3) is 0 Å². The first-order valence-corrected chi connectivity index (χ1v) is 5.95. The Morgan fingerprint density at radius 3 is 2.47 bits per heavy atom. The number of aromatic nitrogens is 1. The van der Waals surface area contributed by atoms with Gasteiger partial charge in [-0.2, -0.15) is 0 Å². The second-order valence-corrected chi connectivity index (χ2v) is 5.09. The smallest absolute Gasteiger partial charge is 0.413 e. The average Bonchev–Trinajstić information content (AvgIpc) is 2.25. The minimum Gasteiger partial charge on any atom is -0.444 e. The highest BCUT2D eigenvalue weighted by Crippen LogP contribution is 2.10. The second kappa shape index (κ2) is 6.17. The van der Waals surface area contributed by atoms with Gasteiger partial charge in [0.1, 0.15) is 11.4 Å². The molecule has 2 N–H and O–H groups in total. The summed E-state index contributed by atoms with van der Waals surface area (Å²) in [5.74, 6) is 0.303. The van der Waals surface area contributed by atoms with Crippen molar-refractivity contribution in [3.05, 3.63) is 23.9 Å². The molecule has 1 rings (SSSR count). The number of carbonyl (C=O) groups excluding carboxylic acids is 2. The zero-order valence-electron chi connectivity index (χ0n) is 11.6. The number of carbonyl (C=O) groups is 2. The lowest BCUT2D eigenvalue weighted by Gasteiger charge is -2.19. The summed E-state index contributed by atoms with van der Waals surface area (Å²) >= 11 is 0. The van der Waals surface area contributed by atoms with Gasteiger partial charge in [0.15, 0.2) is 0 Å². The number of amides is 2. The van der Waals surface area contributed by atoms with Crippen molar-refractivity contribution in [3.63, 3.8) is 0 Å². The van der Waals surface area contributed by atoms with Crippen LogP contribution in [0.25, 0.3) is 0 Å². The fourth-order valence-electron chi connectivity index (χ4n) is 1.24. The summed E-state index contributed by atoms with van der Waals surface area (Å²) in [5.41, 5.74) is 0.306. The summed E-state index contributed by atoms with van der Waals surface area (Å²) in [4.78, 5) is 26.3. The van der Waals surface area contributed by atoms with Gasteiger partial charge in [-0.3, -0.25) is 10.1 Å². The zero-order valence-corrected chi connectivity index (χ0v) is 11.6. The van der Waals surface area contributed by atoms with Crippen molar-refractivity contribution in [2.45, 2.75) is 39.8 Å². The number of ether oxygens (including phenoxy) is 1. The average molecular weight is 265 g/mol. The Morgan fingerprint density at radius 1 is 1.32 bits per heavy atom. The summed E-state index contributed by atoms with van der Waals surface area (Å²) in [6.45, 7) is 7.23. The van der Waals surface area contributed by atoms with E-state index in [1.807, 2.05) is 0 Å². The Morgan fingerprint density at radius 2 is 2.00 bits per heavy atom. The molecule has 6 heteroatoms. The molecule has 0 fully saturated rings. The normalized spacial score (nSPS) is 10.7. The molecule has 0 aliphatic heterocycles. The SMILES string of the molecule is CC(=O)NCc1ccc(NC(=O)OC(C)(C)C)nc1. The third kappa shape index (κ3) is 6.40. The number of rotatable bonds is 3. The molecule has 6 nitrogen and oxygen atoms in total. The van der Waals surface area contributed by atoms with E-state index in [4.69, 9.17) is 4.74 Å². The molecular formula is C13H19N3O3. The first-order valence-electron chi connectivity index (χ1n) is 5.95. The van der Waals surface area contributed by atoms with Gasteiger partial charge in [-0.05, 0) is 32.4 Å². The highest BCUT2D eigenvalue weighted by Gasteiger charge is 2.16. The molecule has 0 atom stereocenters. The minimum atomic E-state index is -0.547. The van der Waals surface area contributed by atoms with E-state index in [1.54, 1.807) is 39.1 Å². The lowest BCUT2D eigenvalue weighted by atomic mass is 10.2. The minimum absolute atomic E-state index is 0.101. The molecule has 0 aromatic carbocycles. The number of nitrogens with one attached hydrogen (secondary N) is 2. The standard InChI is InChI=1S/C13H19N3O3/c1-9(17)14-7-10-5-6-11(15-8-10)16-12(18)19-13(2,3)4/h5-6,8H,7H2,1-4H3,(H,14,17)(H,15,16,18). The van der Waals surface area contributed by atoms with E-state index in [1.165, 1.54) is 6.92 Å². The summed E-state index contributed by atoms with van der Waals surface area (Å²) < 4.78 is 5.10. The molecule has 0 unspecified atom stereocenters. The number of hydrogen-bond donors (Lipinski definition) is 2. The van der Waals surface area contributed by atoms with Crippen LogP contribution in [-0.4, -0.2) is 22.6 Å². The molecule has 0 radical (unpaired) electrons. The van der Waals surface area contributed by atoms with E-state index in [0.717, 1.165) is 5.56 Å². The Hall–Kier alpha value is -2.11. The molecule has 1 aromatic rings. The first kappa shape index (κ1) is 14.9. The number of pyridine rings is 1. The fourth-order valence-corrected chi connectivity index (χ4v) is 1.24. The molecule has 1 aromatic heterocycles. The lowest BCUT2D eigenvalue weighted by molar-refractivity contribution is -0.119. The van der Waals surface area contributed by atoms with Crippen molar-refractivity contribution in [1.82, 2.24) is 10.3 Å². The molecule has 0 aliphatic carbocycles. The van der Waals surface area contributed by atoms with E-state index in [9.17, 15) is 9.59 Å². The van der Waals surface area contributed by atoms with Crippen LogP contribution in [0.5, 0.6) is 0 Å². The Kier molecular flexibility index (Phi) is 4.86. The molecular weight excluding hydrogens is 246 g/mol. The summed E-state index contributed by atoms with van der Waals surface area (Å²) in [5, 5.41) is 5.19. The predicted octanol–water partition coefficient (Wildman–Crippen LogP) is 2.06. The maximum Gasteiger partial charge on any atom is 0.413 e. The van der Waals surface area contributed by atoms with Crippen LogP contribution in [0.3, 0.4) is 0 Å². The Bertz CT molecular complexity index is 449. The van der Waals surface area contributed by atoms with Crippen molar-refractivity contribution in [3.8, 4) is 0 Å². The highest BCUT2D eigenvalue weighted by atomic mass is 16.6. The molecule has 0 spiro atoms. The van der Waals surface area contributed by atoms with Crippen molar-refractivity contribution < 1.29 is 14.3 Å². The van der Waals surface area contributed by atoms with Crippen LogP contribution < -0.4 is 10.6 Å². The van der Waals surface area contributed by atoms with Gasteiger partial charge in [0, 0.05) is 19.7 Å². The maximum absolute atomic E-state index is 11.5. The van der Waals surface area contributed by atoms with Crippen LogP contribution in [0.15, 0.2) is 18.3 Å². The Balaban J connectivity index is 2.52. The highest BCUT2D eigenvalue weighted by molar-refractivity contribution is 5.83. The van der Waals surface area contributed by atoms with Crippen LogP contribution in [0.1, 0.15) is 33.3 Å². The largest absolute Gasteiger partial charge is 0.444 e. The first-order chi connectivity index (χ1) is 8.76. The van der Waals surface area contributed by atoms with Crippen LogP contribution in [0.4, 0.5) is 10.6 Å². The van der Waals surface area contributed by atoms with Gasteiger partial charge in [-0.1, -0.05) is 6.07 Å². The molecule has 0 bridgehead atoms. The number of anilines is 1. The zero-order chi connectivity index (χ0) is 14.5. The third-order valence-electron chi connectivity index (χ3n) is 2.00. The topological polar surface area (TPSA) is 80.3 Å². The molecule has 0 saturated carbocycles. The van der Waals surface area contributed by atoms with E-state index in [2.05, 4.69) is 15.6 Å². The van der Waals surface area contributed by atoms with Crippen molar-refractivity contribution >= 4 is 17.8 Å². The molecule has 104 valence electrons. The van der Waals surface area contributed by atoms with Crippen LogP contribution in [0.2, 0.25) is 0 Å². The lowest BCUT2D eigenvalue weighted by Crippen LogP contribution is -2.27. The predicted molar refractivity (Wildman–Crippen MR) is 71.6 cm³/mol. The molecule has 0 saturated heterocycles. The van der Waals surface area contributed by atoms with Crippen molar-refractivity contribution in [2.24, 2.45) is 0 Å². The summed E-state index contributed by atoms with van der Waals surface area (Å²) in [6.07, 6.45) is 1.04. The van der Waals surface area contributed by atoms with E-state index < -0.39 is 11.7 Å². The fraction of sp³-hybridized carbons (Fsp3) is 0.462. The second-order valence-electron chi connectivity index (χ2n) is 5.09. The number of nitrogens with zero attached hydrogens (tertiary/aromatic N) is 1. The Labute approximate surface area is 112 Å². The van der Waals surface area contributed by atoms with Gasteiger partial charge in [-0.15, -0.1) is 0 Å². The van der Waals surface area contributed by atoms with Gasteiger partial charge < -0.3 is 10.1 Å².